The Morgan fingerprint density at radius 2 is 2.00 bits per heavy atom. The quantitative estimate of drug-likeness (QED) is 0.463. The zero-order valence-electron chi connectivity index (χ0n) is 14.3. The molecule has 2 aromatic rings. The van der Waals surface area contributed by atoms with Crippen LogP contribution in [0.5, 0.6) is 0 Å². The summed E-state index contributed by atoms with van der Waals surface area (Å²) in [6.07, 6.45) is -3.19. The molecule has 4 N–H and O–H groups in total. The van der Waals surface area contributed by atoms with Gasteiger partial charge in [-0.25, -0.2) is 9.97 Å². The van der Waals surface area contributed by atoms with Crippen molar-refractivity contribution < 1.29 is 20.1 Å². The molecule has 0 radical (unpaired) electrons. The third-order valence-corrected chi connectivity index (χ3v) is 5.02. The summed E-state index contributed by atoms with van der Waals surface area (Å²) in [6, 6.07) is 0. The number of nitrogens with zero attached hydrogens (tertiary/aromatic N) is 5. The van der Waals surface area contributed by atoms with Crippen LogP contribution in [-0.4, -0.2) is 97.9 Å². The average molecular weight is 366 g/mol. The number of aromatic nitrogens is 4. The van der Waals surface area contributed by atoms with Gasteiger partial charge in [0.25, 0.3) is 5.56 Å². The van der Waals surface area contributed by atoms with E-state index >= 15 is 0 Å². The normalized spacial score (nSPS) is 30.4. The van der Waals surface area contributed by atoms with Crippen molar-refractivity contribution in [1.82, 2.24) is 24.4 Å². The first-order valence-corrected chi connectivity index (χ1v) is 8.53. The fourth-order valence-corrected chi connectivity index (χ4v) is 3.47. The molecule has 142 valence electrons. The molecule has 2 fully saturated rings. The molecular formula is C15H22N6O5. The van der Waals surface area contributed by atoms with Gasteiger partial charge in [0.2, 0.25) is 5.95 Å². The van der Waals surface area contributed by atoms with Gasteiger partial charge in [0.15, 0.2) is 17.4 Å². The molecule has 2 aliphatic rings. The molecule has 0 spiro atoms. The van der Waals surface area contributed by atoms with E-state index in [0.717, 1.165) is 13.1 Å². The lowest BCUT2D eigenvalue weighted by molar-refractivity contribution is -0.0505. The number of imidazole rings is 1. The van der Waals surface area contributed by atoms with Crippen molar-refractivity contribution in [1.29, 1.82) is 0 Å². The van der Waals surface area contributed by atoms with Crippen LogP contribution in [0.15, 0.2) is 11.1 Å². The number of aliphatic hydroxyl groups is 3. The highest BCUT2D eigenvalue weighted by molar-refractivity contribution is 5.74. The highest BCUT2D eigenvalue weighted by atomic mass is 16.6. The second kappa shape index (κ2) is 6.59. The zero-order chi connectivity index (χ0) is 18.4. The van der Waals surface area contributed by atoms with Crippen LogP contribution in [0.25, 0.3) is 11.2 Å². The Morgan fingerprint density at radius 1 is 1.27 bits per heavy atom. The van der Waals surface area contributed by atoms with Crippen LogP contribution in [-0.2, 0) is 4.74 Å². The maximum Gasteiger partial charge on any atom is 0.278 e. The molecule has 2 aromatic heterocycles. The molecule has 0 bridgehead atoms. The van der Waals surface area contributed by atoms with E-state index in [2.05, 4.69) is 19.9 Å². The summed E-state index contributed by atoms with van der Waals surface area (Å²) in [7, 11) is 2.03. The molecule has 4 rings (SSSR count). The number of fused-ring (bicyclic) bond motifs is 1. The SMILES string of the molecule is CN1CCN(c2nc3c(=O)[nH]cnc3n2[C@@H]2O[C@H](CO)C(O)C2O)CC1. The van der Waals surface area contributed by atoms with E-state index in [9.17, 15) is 20.1 Å². The van der Waals surface area contributed by atoms with Gasteiger partial charge >= 0.3 is 0 Å². The highest BCUT2D eigenvalue weighted by Crippen LogP contribution is 2.35. The third kappa shape index (κ3) is 2.68. The van der Waals surface area contributed by atoms with Gasteiger partial charge in [0.1, 0.15) is 18.3 Å². The molecule has 2 unspecified atom stereocenters. The minimum atomic E-state index is -1.28. The predicted molar refractivity (Wildman–Crippen MR) is 90.9 cm³/mol. The number of rotatable bonds is 3. The van der Waals surface area contributed by atoms with E-state index in [0.29, 0.717) is 19.0 Å². The molecule has 11 heteroatoms. The first-order chi connectivity index (χ1) is 12.5. The Morgan fingerprint density at radius 3 is 2.65 bits per heavy atom. The monoisotopic (exact) mass is 366 g/mol. The number of H-pyrrole nitrogens is 1. The number of aliphatic hydroxyl groups excluding tert-OH is 3. The summed E-state index contributed by atoms with van der Waals surface area (Å²) < 4.78 is 7.20. The second-order valence-corrected chi connectivity index (χ2v) is 6.70. The van der Waals surface area contributed by atoms with Gasteiger partial charge in [-0.2, -0.15) is 0 Å². The molecule has 0 amide bonds. The molecule has 0 aromatic carbocycles. The van der Waals surface area contributed by atoms with Crippen LogP contribution in [0, 0.1) is 0 Å². The van der Waals surface area contributed by atoms with Crippen molar-refractivity contribution in [3.8, 4) is 0 Å². The Balaban J connectivity index is 1.83. The van der Waals surface area contributed by atoms with Gasteiger partial charge in [0.05, 0.1) is 12.9 Å². The molecule has 11 nitrogen and oxygen atoms in total. The second-order valence-electron chi connectivity index (χ2n) is 6.70. The van der Waals surface area contributed by atoms with Gasteiger partial charge in [-0.1, -0.05) is 0 Å². The Kier molecular flexibility index (Phi) is 4.40. The van der Waals surface area contributed by atoms with Gasteiger partial charge in [-0.3, -0.25) is 9.36 Å². The van der Waals surface area contributed by atoms with Crippen molar-refractivity contribution in [2.75, 3.05) is 44.7 Å². The number of anilines is 1. The van der Waals surface area contributed by atoms with Crippen molar-refractivity contribution in [2.24, 2.45) is 0 Å². The van der Waals surface area contributed by atoms with Crippen LogP contribution in [0.4, 0.5) is 5.95 Å². The Labute approximate surface area is 148 Å². The number of hydrogen-bond donors (Lipinski definition) is 4. The molecule has 0 aliphatic carbocycles. The Bertz CT molecular complexity index is 845. The molecule has 4 atom stereocenters. The summed E-state index contributed by atoms with van der Waals surface area (Å²) in [5.41, 5.74) is 0.00700. The van der Waals surface area contributed by atoms with E-state index in [-0.39, 0.29) is 11.2 Å². The number of likely N-dealkylation sites (N-methyl/N-ethyl adjacent to an activating group) is 1. The van der Waals surface area contributed by atoms with E-state index < -0.39 is 36.7 Å². The number of hydrogen-bond acceptors (Lipinski definition) is 9. The van der Waals surface area contributed by atoms with Crippen molar-refractivity contribution in [3.05, 3.63) is 16.7 Å². The van der Waals surface area contributed by atoms with E-state index in [1.54, 1.807) is 4.57 Å². The Hall–Kier alpha value is -2.05. The number of aromatic amines is 1. The van der Waals surface area contributed by atoms with Crippen molar-refractivity contribution in [2.45, 2.75) is 24.5 Å². The minimum absolute atomic E-state index is 0.138. The van der Waals surface area contributed by atoms with Crippen LogP contribution in [0.1, 0.15) is 6.23 Å². The zero-order valence-corrected chi connectivity index (χ0v) is 14.3. The van der Waals surface area contributed by atoms with Crippen LogP contribution in [0.2, 0.25) is 0 Å². The van der Waals surface area contributed by atoms with Gasteiger partial charge in [-0.15, -0.1) is 0 Å². The summed E-state index contributed by atoms with van der Waals surface area (Å²) in [5.74, 6) is 0.451. The lowest BCUT2D eigenvalue weighted by atomic mass is 10.1. The van der Waals surface area contributed by atoms with E-state index in [1.807, 2.05) is 11.9 Å². The minimum Gasteiger partial charge on any atom is -0.394 e. The molecule has 0 saturated carbocycles. The molecule has 2 saturated heterocycles. The van der Waals surface area contributed by atoms with Gasteiger partial charge in [-0.05, 0) is 7.05 Å². The topological polar surface area (TPSA) is 140 Å². The van der Waals surface area contributed by atoms with Gasteiger partial charge < -0.3 is 34.8 Å². The fourth-order valence-electron chi connectivity index (χ4n) is 3.47. The van der Waals surface area contributed by atoms with E-state index in [1.165, 1.54) is 6.33 Å². The first-order valence-electron chi connectivity index (χ1n) is 8.53. The third-order valence-electron chi connectivity index (χ3n) is 5.02. The number of piperazine rings is 1. The largest absolute Gasteiger partial charge is 0.394 e. The lowest BCUT2D eigenvalue weighted by Gasteiger charge is -2.34. The smallest absolute Gasteiger partial charge is 0.278 e. The summed E-state index contributed by atoms with van der Waals surface area (Å²) >= 11 is 0. The summed E-state index contributed by atoms with van der Waals surface area (Å²) in [4.78, 5) is 27.5. The van der Waals surface area contributed by atoms with Crippen LogP contribution < -0.4 is 10.5 Å². The fraction of sp³-hybridized carbons (Fsp3) is 0.667. The standard InChI is InChI=1S/C15H22N6O5/c1-19-2-4-20(5-3-19)15-18-9-12(16-7-17-13(9)25)21(15)14-11(24)10(23)8(6-22)26-14/h7-8,10-11,14,22-24H,2-6H2,1H3,(H,16,17,25)/t8-,10?,11?,14-/m1/s1. The van der Waals surface area contributed by atoms with E-state index in [4.69, 9.17) is 4.74 Å². The first kappa shape index (κ1) is 17.4. The predicted octanol–water partition coefficient (Wildman–Crippen LogP) is -2.52. The lowest BCUT2D eigenvalue weighted by Crippen LogP contribution is -2.46. The van der Waals surface area contributed by atoms with Crippen LogP contribution in [0.3, 0.4) is 0 Å². The molecule has 4 heterocycles. The number of nitrogens with one attached hydrogen (secondary N) is 1. The maximum absolute atomic E-state index is 12.2. The average Bonchev–Trinajstić information content (AvgIpc) is 3.15. The molecular weight excluding hydrogens is 344 g/mol. The maximum atomic E-state index is 12.2. The number of ether oxygens (including phenoxy) is 1. The van der Waals surface area contributed by atoms with Gasteiger partial charge in [0, 0.05) is 26.2 Å². The van der Waals surface area contributed by atoms with Crippen molar-refractivity contribution in [3.63, 3.8) is 0 Å². The molecule has 26 heavy (non-hydrogen) atoms. The van der Waals surface area contributed by atoms with Crippen molar-refractivity contribution >= 4 is 17.1 Å². The summed E-state index contributed by atoms with van der Waals surface area (Å²) in [6.45, 7) is 2.59. The summed E-state index contributed by atoms with van der Waals surface area (Å²) in [5, 5.41) is 29.9. The highest BCUT2D eigenvalue weighted by Gasteiger charge is 2.45. The van der Waals surface area contributed by atoms with Crippen LogP contribution >= 0.6 is 0 Å². The molecule has 2 aliphatic heterocycles.